The number of hydrogen-bond acceptors (Lipinski definition) is 4. The number of nitrogens with one attached hydrogen (secondary N) is 1. The van der Waals surface area contributed by atoms with Crippen molar-refractivity contribution in [1.29, 1.82) is 0 Å². The minimum absolute atomic E-state index is 0.218. The van der Waals surface area contributed by atoms with Crippen LogP contribution in [0, 0.1) is 6.92 Å². The van der Waals surface area contributed by atoms with Gasteiger partial charge in [0.05, 0.1) is 17.0 Å². The van der Waals surface area contributed by atoms with E-state index in [1.165, 1.54) is 12.1 Å². The van der Waals surface area contributed by atoms with Crippen LogP contribution in [-0.4, -0.2) is 34.8 Å². The van der Waals surface area contributed by atoms with Gasteiger partial charge in [-0.25, -0.2) is 9.50 Å². The summed E-state index contributed by atoms with van der Waals surface area (Å²) < 4.78 is 45.8. The molecule has 0 spiro atoms. The number of alkyl halides is 3. The molecule has 5 nitrogen and oxygen atoms in total. The first-order chi connectivity index (χ1) is 12.8. The SMILES string of the molecule is CCOC(CNC)c1cc(C)nc2cc(-c3ccc(C(F)(F)F)cc3)nn12. The van der Waals surface area contributed by atoms with Gasteiger partial charge < -0.3 is 10.1 Å². The minimum Gasteiger partial charge on any atom is -0.371 e. The molecule has 0 aliphatic heterocycles. The molecule has 2 heterocycles. The third-order valence-electron chi connectivity index (χ3n) is 4.18. The Hall–Kier alpha value is -2.45. The second kappa shape index (κ2) is 7.66. The van der Waals surface area contributed by atoms with Crippen molar-refractivity contribution in [3.8, 4) is 11.3 Å². The number of ether oxygens (including phenoxy) is 1. The average molecular weight is 378 g/mol. The summed E-state index contributed by atoms with van der Waals surface area (Å²) in [5.41, 5.74) is 2.75. The molecule has 1 aromatic carbocycles. The first-order valence-corrected chi connectivity index (χ1v) is 8.64. The predicted molar refractivity (Wildman–Crippen MR) is 96.5 cm³/mol. The van der Waals surface area contributed by atoms with Gasteiger partial charge in [-0.3, -0.25) is 0 Å². The predicted octanol–water partition coefficient (Wildman–Crippen LogP) is 4.02. The van der Waals surface area contributed by atoms with Crippen LogP contribution in [0.5, 0.6) is 0 Å². The fourth-order valence-corrected chi connectivity index (χ4v) is 2.96. The maximum atomic E-state index is 12.8. The zero-order valence-electron chi connectivity index (χ0n) is 15.3. The summed E-state index contributed by atoms with van der Waals surface area (Å²) in [7, 11) is 1.84. The van der Waals surface area contributed by atoms with Crippen molar-refractivity contribution in [2.24, 2.45) is 0 Å². The Balaban J connectivity index is 2.05. The largest absolute Gasteiger partial charge is 0.416 e. The van der Waals surface area contributed by atoms with E-state index < -0.39 is 11.7 Å². The quantitative estimate of drug-likeness (QED) is 0.704. The highest BCUT2D eigenvalue weighted by Crippen LogP contribution is 2.31. The van der Waals surface area contributed by atoms with Crippen LogP contribution in [0.1, 0.15) is 30.0 Å². The van der Waals surface area contributed by atoms with E-state index in [1.807, 2.05) is 27.0 Å². The molecule has 0 saturated carbocycles. The van der Waals surface area contributed by atoms with Gasteiger partial charge in [0.2, 0.25) is 0 Å². The summed E-state index contributed by atoms with van der Waals surface area (Å²) in [6.07, 6.45) is -4.58. The van der Waals surface area contributed by atoms with Crippen molar-refractivity contribution >= 4 is 5.65 Å². The lowest BCUT2D eigenvalue weighted by Gasteiger charge is -2.18. The lowest BCUT2D eigenvalue weighted by Crippen LogP contribution is -2.22. The zero-order chi connectivity index (χ0) is 19.6. The number of nitrogens with zero attached hydrogens (tertiary/aromatic N) is 3. The van der Waals surface area contributed by atoms with E-state index >= 15 is 0 Å². The summed E-state index contributed by atoms with van der Waals surface area (Å²) in [4.78, 5) is 4.49. The number of likely N-dealkylation sites (N-methyl/N-ethyl adjacent to an activating group) is 1. The number of hydrogen-bond donors (Lipinski definition) is 1. The van der Waals surface area contributed by atoms with Crippen LogP contribution in [0.15, 0.2) is 36.4 Å². The van der Waals surface area contributed by atoms with Crippen molar-refractivity contribution in [1.82, 2.24) is 19.9 Å². The van der Waals surface area contributed by atoms with Crippen LogP contribution in [0.4, 0.5) is 13.2 Å². The lowest BCUT2D eigenvalue weighted by molar-refractivity contribution is -0.137. The standard InChI is InChI=1S/C19H21F3N4O/c1-4-27-17(11-23-3)16-9-12(2)24-18-10-15(25-26(16)18)13-5-7-14(8-6-13)19(20,21)22/h5-10,17,23H,4,11H2,1-3H3. The average Bonchev–Trinajstić information content (AvgIpc) is 3.04. The molecule has 0 aliphatic rings. The summed E-state index contributed by atoms with van der Waals surface area (Å²) >= 11 is 0. The molecule has 0 fully saturated rings. The van der Waals surface area contributed by atoms with Crippen molar-refractivity contribution in [3.05, 3.63) is 53.3 Å². The number of aromatic nitrogens is 3. The smallest absolute Gasteiger partial charge is 0.371 e. The van der Waals surface area contributed by atoms with Crippen LogP contribution < -0.4 is 5.32 Å². The van der Waals surface area contributed by atoms with E-state index in [-0.39, 0.29) is 6.10 Å². The molecule has 3 aromatic rings. The van der Waals surface area contributed by atoms with Crippen LogP contribution in [0.25, 0.3) is 16.9 Å². The maximum absolute atomic E-state index is 12.8. The summed E-state index contributed by atoms with van der Waals surface area (Å²) in [5.74, 6) is 0. The molecule has 0 bridgehead atoms. The van der Waals surface area contributed by atoms with Gasteiger partial charge in [0.25, 0.3) is 0 Å². The van der Waals surface area contributed by atoms with E-state index in [0.29, 0.717) is 30.1 Å². The molecule has 0 radical (unpaired) electrons. The number of aryl methyl sites for hydroxylation is 1. The van der Waals surface area contributed by atoms with E-state index in [1.54, 1.807) is 10.6 Å². The van der Waals surface area contributed by atoms with Gasteiger partial charge in [0.1, 0.15) is 6.10 Å². The number of benzene rings is 1. The van der Waals surface area contributed by atoms with E-state index in [0.717, 1.165) is 23.5 Å². The minimum atomic E-state index is -4.36. The normalized spacial score (nSPS) is 13.3. The molecule has 0 amide bonds. The van der Waals surface area contributed by atoms with Crippen molar-refractivity contribution < 1.29 is 17.9 Å². The Morgan fingerprint density at radius 3 is 2.48 bits per heavy atom. The molecule has 1 atom stereocenters. The highest BCUT2D eigenvalue weighted by Gasteiger charge is 2.30. The van der Waals surface area contributed by atoms with Crippen molar-refractivity contribution in [2.75, 3.05) is 20.2 Å². The van der Waals surface area contributed by atoms with Crippen LogP contribution >= 0.6 is 0 Å². The summed E-state index contributed by atoms with van der Waals surface area (Å²) in [6.45, 7) is 4.95. The first-order valence-electron chi connectivity index (χ1n) is 8.64. The molecular formula is C19H21F3N4O. The molecule has 27 heavy (non-hydrogen) atoms. The molecule has 8 heteroatoms. The number of halogens is 3. The van der Waals surface area contributed by atoms with E-state index in [2.05, 4.69) is 15.4 Å². The van der Waals surface area contributed by atoms with Gasteiger partial charge in [-0.1, -0.05) is 12.1 Å². The zero-order valence-corrected chi connectivity index (χ0v) is 15.3. The van der Waals surface area contributed by atoms with Gasteiger partial charge in [-0.05, 0) is 39.1 Å². The van der Waals surface area contributed by atoms with Crippen LogP contribution in [0.2, 0.25) is 0 Å². The topological polar surface area (TPSA) is 51.5 Å². The first kappa shape index (κ1) is 19.3. The molecule has 1 N–H and O–H groups in total. The third kappa shape index (κ3) is 4.12. The second-order valence-corrected chi connectivity index (χ2v) is 6.20. The van der Waals surface area contributed by atoms with Gasteiger partial charge in [0.15, 0.2) is 5.65 Å². The Labute approximate surface area is 155 Å². The van der Waals surface area contributed by atoms with Crippen molar-refractivity contribution in [2.45, 2.75) is 26.1 Å². The summed E-state index contributed by atoms with van der Waals surface area (Å²) in [6, 6.07) is 8.64. The number of fused-ring (bicyclic) bond motifs is 1. The molecular weight excluding hydrogens is 357 g/mol. The van der Waals surface area contributed by atoms with Gasteiger partial charge in [-0.2, -0.15) is 18.3 Å². The molecule has 3 rings (SSSR count). The Morgan fingerprint density at radius 1 is 1.19 bits per heavy atom. The highest BCUT2D eigenvalue weighted by atomic mass is 19.4. The Morgan fingerprint density at radius 2 is 1.89 bits per heavy atom. The molecule has 2 aromatic heterocycles. The van der Waals surface area contributed by atoms with E-state index in [9.17, 15) is 13.2 Å². The maximum Gasteiger partial charge on any atom is 0.416 e. The molecule has 0 aliphatic carbocycles. The molecule has 144 valence electrons. The van der Waals surface area contributed by atoms with Gasteiger partial charge in [-0.15, -0.1) is 0 Å². The monoisotopic (exact) mass is 378 g/mol. The Kier molecular flexibility index (Phi) is 5.48. The lowest BCUT2D eigenvalue weighted by atomic mass is 10.1. The van der Waals surface area contributed by atoms with E-state index in [4.69, 9.17) is 4.74 Å². The van der Waals surface area contributed by atoms with Crippen LogP contribution in [0.3, 0.4) is 0 Å². The van der Waals surface area contributed by atoms with Gasteiger partial charge in [0, 0.05) is 30.5 Å². The fraction of sp³-hybridized carbons (Fsp3) is 0.368. The molecule has 0 saturated heterocycles. The highest BCUT2D eigenvalue weighted by molar-refractivity contribution is 5.64. The Bertz CT molecular complexity index is 913. The number of rotatable bonds is 6. The van der Waals surface area contributed by atoms with Gasteiger partial charge >= 0.3 is 6.18 Å². The van der Waals surface area contributed by atoms with Crippen molar-refractivity contribution in [3.63, 3.8) is 0 Å². The fourth-order valence-electron chi connectivity index (χ4n) is 2.96. The van der Waals surface area contributed by atoms with Crippen LogP contribution in [-0.2, 0) is 10.9 Å². The second-order valence-electron chi connectivity index (χ2n) is 6.20. The molecule has 1 unspecified atom stereocenters. The summed E-state index contributed by atoms with van der Waals surface area (Å²) in [5, 5.41) is 7.67. The third-order valence-corrected chi connectivity index (χ3v) is 4.18.